The van der Waals surface area contributed by atoms with Crippen molar-refractivity contribution in [3.8, 4) is 55.6 Å². The van der Waals surface area contributed by atoms with Crippen LogP contribution in [0.5, 0.6) is 0 Å². The third-order valence-corrected chi connectivity index (χ3v) is 10.5. The standard InChI is InChI=1S/C45H30/c1-45(2)42-17-8-7-15-36(42)37-19-18-30(26-43(37)45)31-20-33-21-32(35-16-9-13-27-10-5-6-14-34(27)35)25-41-39-23-29-12-4-3-11-28(29)22-38(39)40(24-31)44(33)41/h3-26H,1-2H3. The lowest BCUT2D eigenvalue weighted by Crippen LogP contribution is -2.14. The molecule has 0 radical (unpaired) electrons. The van der Waals surface area contributed by atoms with Crippen LogP contribution in [-0.4, -0.2) is 0 Å². The lowest BCUT2D eigenvalue weighted by Gasteiger charge is -2.22. The van der Waals surface area contributed by atoms with Crippen LogP contribution in [0.15, 0.2) is 146 Å². The minimum Gasteiger partial charge on any atom is -0.0619 e. The van der Waals surface area contributed by atoms with Crippen molar-refractivity contribution >= 4 is 32.3 Å². The molecular formula is C45H30. The highest BCUT2D eigenvalue weighted by Gasteiger charge is 2.35. The molecule has 0 atom stereocenters. The third kappa shape index (κ3) is 3.43. The van der Waals surface area contributed by atoms with Crippen molar-refractivity contribution in [1.29, 1.82) is 0 Å². The van der Waals surface area contributed by atoms with E-state index in [9.17, 15) is 0 Å². The van der Waals surface area contributed by atoms with Crippen molar-refractivity contribution in [2.75, 3.05) is 0 Å². The van der Waals surface area contributed by atoms with Gasteiger partial charge in [0, 0.05) is 5.41 Å². The van der Waals surface area contributed by atoms with E-state index in [4.69, 9.17) is 0 Å². The molecule has 8 aromatic rings. The van der Waals surface area contributed by atoms with Crippen LogP contribution in [0.1, 0.15) is 25.0 Å². The molecule has 0 heteroatoms. The lowest BCUT2D eigenvalue weighted by molar-refractivity contribution is 0.660. The highest BCUT2D eigenvalue weighted by atomic mass is 14.4. The molecule has 0 heterocycles. The molecule has 10 rings (SSSR count). The first-order valence-electron chi connectivity index (χ1n) is 15.9. The van der Waals surface area contributed by atoms with Gasteiger partial charge in [-0.05, 0) is 142 Å². The highest BCUT2D eigenvalue weighted by Crippen LogP contribution is 2.53. The summed E-state index contributed by atoms with van der Waals surface area (Å²) in [6.45, 7) is 4.73. The molecule has 210 valence electrons. The largest absolute Gasteiger partial charge is 0.0619 e. The van der Waals surface area contributed by atoms with Crippen molar-refractivity contribution in [1.82, 2.24) is 0 Å². The normalized spacial score (nSPS) is 13.7. The highest BCUT2D eigenvalue weighted by molar-refractivity contribution is 6.20. The Hall–Kier alpha value is -5.46. The fraction of sp³-hybridized carbons (Fsp3) is 0.0667. The maximum absolute atomic E-state index is 2.45. The van der Waals surface area contributed by atoms with Gasteiger partial charge in [0.15, 0.2) is 0 Å². The molecule has 0 aromatic heterocycles. The molecule has 2 aliphatic rings. The Morgan fingerprint density at radius 1 is 0.333 bits per heavy atom. The maximum atomic E-state index is 2.45. The molecule has 0 fully saturated rings. The van der Waals surface area contributed by atoms with Crippen LogP contribution in [0.4, 0.5) is 0 Å². The molecule has 45 heavy (non-hydrogen) atoms. The van der Waals surface area contributed by atoms with Crippen LogP contribution in [0, 0.1) is 0 Å². The van der Waals surface area contributed by atoms with E-state index in [1.165, 1.54) is 99.1 Å². The summed E-state index contributed by atoms with van der Waals surface area (Å²) < 4.78 is 0. The summed E-state index contributed by atoms with van der Waals surface area (Å²) in [7, 11) is 0. The van der Waals surface area contributed by atoms with E-state index in [0.29, 0.717) is 0 Å². The molecule has 2 aliphatic carbocycles. The van der Waals surface area contributed by atoms with Gasteiger partial charge in [-0.25, -0.2) is 0 Å². The van der Waals surface area contributed by atoms with Gasteiger partial charge < -0.3 is 0 Å². The summed E-state index contributed by atoms with van der Waals surface area (Å²) in [6.07, 6.45) is 0. The van der Waals surface area contributed by atoms with E-state index in [1.807, 2.05) is 0 Å². The predicted molar refractivity (Wildman–Crippen MR) is 192 cm³/mol. The van der Waals surface area contributed by atoms with Crippen LogP contribution in [0.2, 0.25) is 0 Å². The van der Waals surface area contributed by atoms with Crippen LogP contribution >= 0.6 is 0 Å². The quantitative estimate of drug-likeness (QED) is 0.194. The summed E-state index contributed by atoms with van der Waals surface area (Å²) in [5.74, 6) is 0. The zero-order valence-electron chi connectivity index (χ0n) is 25.4. The first kappa shape index (κ1) is 24.9. The summed E-state index contributed by atoms with van der Waals surface area (Å²) >= 11 is 0. The van der Waals surface area contributed by atoms with E-state index in [0.717, 1.165) is 0 Å². The molecule has 0 saturated heterocycles. The van der Waals surface area contributed by atoms with E-state index in [2.05, 4.69) is 159 Å². The van der Waals surface area contributed by atoms with Crippen molar-refractivity contribution in [2.24, 2.45) is 0 Å². The maximum Gasteiger partial charge on any atom is 0.0159 e. The van der Waals surface area contributed by atoms with Gasteiger partial charge >= 0.3 is 0 Å². The van der Waals surface area contributed by atoms with Crippen molar-refractivity contribution in [3.63, 3.8) is 0 Å². The second-order valence-electron chi connectivity index (χ2n) is 13.3. The summed E-state index contributed by atoms with van der Waals surface area (Å²) in [6, 6.07) is 54.8. The topological polar surface area (TPSA) is 0 Å². The fourth-order valence-corrected chi connectivity index (χ4v) is 8.31. The van der Waals surface area contributed by atoms with E-state index < -0.39 is 0 Å². The molecule has 0 N–H and O–H groups in total. The number of hydrogen-bond acceptors (Lipinski definition) is 0. The second kappa shape index (κ2) is 8.80. The van der Waals surface area contributed by atoms with Gasteiger partial charge in [0.05, 0.1) is 0 Å². The molecule has 0 amide bonds. The summed E-state index contributed by atoms with van der Waals surface area (Å²) in [5.41, 5.74) is 16.0. The molecule has 8 aromatic carbocycles. The average Bonchev–Trinajstić information content (AvgIpc) is 3.51. The molecule has 0 unspecified atom stereocenters. The number of benzene rings is 8. The van der Waals surface area contributed by atoms with Gasteiger partial charge in [-0.2, -0.15) is 0 Å². The Bertz CT molecular complexity index is 2560. The smallest absolute Gasteiger partial charge is 0.0159 e. The SMILES string of the molecule is CC1(C)c2ccccc2-c2ccc(-c3cc4c5c(cc(-c6cccc7ccccc67)cc5c3)-c3cc5ccccc5cc3-4)cc21. The molecule has 0 saturated carbocycles. The third-order valence-electron chi connectivity index (χ3n) is 10.5. The van der Waals surface area contributed by atoms with Gasteiger partial charge in [0.1, 0.15) is 0 Å². The van der Waals surface area contributed by atoms with Gasteiger partial charge in [-0.1, -0.05) is 117 Å². The first-order valence-corrected chi connectivity index (χ1v) is 15.9. The van der Waals surface area contributed by atoms with E-state index in [-0.39, 0.29) is 5.41 Å². The van der Waals surface area contributed by atoms with Crippen LogP contribution < -0.4 is 0 Å². The van der Waals surface area contributed by atoms with Crippen LogP contribution in [-0.2, 0) is 5.41 Å². The van der Waals surface area contributed by atoms with Crippen molar-refractivity contribution in [3.05, 3.63) is 157 Å². The molecule has 0 nitrogen and oxygen atoms in total. The molecule has 0 aliphatic heterocycles. The molecule has 0 spiro atoms. The first-order chi connectivity index (χ1) is 22.0. The van der Waals surface area contributed by atoms with Crippen molar-refractivity contribution < 1.29 is 0 Å². The van der Waals surface area contributed by atoms with Crippen LogP contribution in [0.3, 0.4) is 0 Å². The number of rotatable bonds is 2. The Morgan fingerprint density at radius 2 is 0.933 bits per heavy atom. The second-order valence-corrected chi connectivity index (χ2v) is 13.3. The minimum absolute atomic E-state index is 0.0320. The molecule has 0 bridgehead atoms. The van der Waals surface area contributed by atoms with E-state index >= 15 is 0 Å². The summed E-state index contributed by atoms with van der Waals surface area (Å²) in [5, 5.41) is 7.80. The Morgan fingerprint density at radius 3 is 1.73 bits per heavy atom. The number of fused-ring (bicyclic) bond motifs is 8. The predicted octanol–water partition coefficient (Wildman–Crippen LogP) is 12.4. The van der Waals surface area contributed by atoms with Crippen LogP contribution in [0.25, 0.3) is 88.0 Å². The van der Waals surface area contributed by atoms with Gasteiger partial charge in [-0.15, -0.1) is 0 Å². The van der Waals surface area contributed by atoms with Gasteiger partial charge in [-0.3, -0.25) is 0 Å². The van der Waals surface area contributed by atoms with Crippen molar-refractivity contribution in [2.45, 2.75) is 19.3 Å². The van der Waals surface area contributed by atoms with E-state index in [1.54, 1.807) is 0 Å². The molecular weight excluding hydrogens is 540 g/mol. The fourth-order valence-electron chi connectivity index (χ4n) is 8.31. The number of hydrogen-bond donors (Lipinski definition) is 0. The Balaban J connectivity index is 1.25. The average molecular weight is 571 g/mol. The lowest BCUT2D eigenvalue weighted by atomic mass is 9.81. The zero-order chi connectivity index (χ0) is 29.9. The minimum atomic E-state index is -0.0320. The monoisotopic (exact) mass is 570 g/mol. The Labute approximate surface area is 263 Å². The van der Waals surface area contributed by atoms with Gasteiger partial charge in [0.2, 0.25) is 0 Å². The summed E-state index contributed by atoms with van der Waals surface area (Å²) in [4.78, 5) is 0. The van der Waals surface area contributed by atoms with Gasteiger partial charge in [0.25, 0.3) is 0 Å². The zero-order valence-corrected chi connectivity index (χ0v) is 25.4. The Kier molecular flexibility index (Phi) is 4.88.